The number of ether oxygens (including phenoxy) is 1. The van der Waals surface area contributed by atoms with Crippen LogP contribution in [-0.4, -0.2) is 12.4 Å². The van der Waals surface area contributed by atoms with Crippen LogP contribution < -0.4 is 0 Å². The molecule has 1 saturated carbocycles. The van der Waals surface area contributed by atoms with Gasteiger partial charge in [0.1, 0.15) is 5.78 Å². The highest BCUT2D eigenvalue weighted by atomic mass is 32.1. The lowest BCUT2D eigenvalue weighted by molar-refractivity contribution is -0.121. The van der Waals surface area contributed by atoms with E-state index in [0.29, 0.717) is 19.0 Å². The summed E-state index contributed by atoms with van der Waals surface area (Å²) in [5, 5.41) is 2.05. The number of hydrogen-bond donors (Lipinski definition) is 0. The first-order valence-corrected chi connectivity index (χ1v) is 6.37. The van der Waals surface area contributed by atoms with E-state index in [1.54, 1.807) is 11.3 Å². The molecule has 15 heavy (non-hydrogen) atoms. The van der Waals surface area contributed by atoms with Crippen LogP contribution in [0, 0.1) is 5.92 Å². The van der Waals surface area contributed by atoms with Gasteiger partial charge in [0.15, 0.2) is 0 Å². The van der Waals surface area contributed by atoms with E-state index in [1.807, 2.05) is 6.07 Å². The van der Waals surface area contributed by atoms with Gasteiger partial charge >= 0.3 is 0 Å². The molecule has 0 amide bonds. The summed E-state index contributed by atoms with van der Waals surface area (Å²) in [6.45, 7) is 1.41. The van der Waals surface area contributed by atoms with Gasteiger partial charge < -0.3 is 4.74 Å². The summed E-state index contributed by atoms with van der Waals surface area (Å²) in [6.07, 6.45) is 3.84. The van der Waals surface area contributed by atoms with Gasteiger partial charge in [-0.15, -0.1) is 11.3 Å². The number of carbonyl (C=O) groups is 1. The highest BCUT2D eigenvalue weighted by molar-refractivity contribution is 7.09. The molecule has 0 saturated heterocycles. The molecule has 3 heteroatoms. The SMILES string of the molecule is O=C1CCCC1CCOCc1cccs1. The zero-order chi connectivity index (χ0) is 10.5. The third kappa shape index (κ3) is 3.14. The second kappa shape index (κ2) is 5.42. The van der Waals surface area contributed by atoms with Crippen LogP contribution in [0.15, 0.2) is 17.5 Å². The van der Waals surface area contributed by atoms with Crippen LogP contribution in [0.2, 0.25) is 0 Å². The molecule has 0 spiro atoms. The monoisotopic (exact) mass is 224 g/mol. The molecule has 1 atom stereocenters. The van der Waals surface area contributed by atoms with Crippen molar-refractivity contribution in [2.24, 2.45) is 5.92 Å². The normalized spacial score (nSPS) is 21.1. The van der Waals surface area contributed by atoms with E-state index in [4.69, 9.17) is 4.74 Å². The number of Topliss-reactive ketones (excluding diaryl/α,β-unsaturated/α-hetero) is 1. The summed E-state index contributed by atoms with van der Waals surface area (Å²) >= 11 is 1.71. The van der Waals surface area contributed by atoms with Crippen molar-refractivity contribution in [3.8, 4) is 0 Å². The molecule has 0 bridgehead atoms. The molecule has 1 aromatic heterocycles. The molecule has 2 nitrogen and oxygen atoms in total. The topological polar surface area (TPSA) is 26.3 Å². The number of rotatable bonds is 5. The number of carbonyl (C=O) groups excluding carboxylic acids is 1. The summed E-state index contributed by atoms with van der Waals surface area (Å²) in [5.41, 5.74) is 0. The van der Waals surface area contributed by atoms with Crippen LogP contribution in [0.25, 0.3) is 0 Å². The Kier molecular flexibility index (Phi) is 3.92. The largest absolute Gasteiger partial charge is 0.376 e. The summed E-state index contributed by atoms with van der Waals surface area (Å²) in [5.74, 6) is 0.725. The summed E-state index contributed by atoms with van der Waals surface area (Å²) in [6, 6.07) is 4.11. The van der Waals surface area contributed by atoms with Crippen molar-refractivity contribution in [3.63, 3.8) is 0 Å². The van der Waals surface area contributed by atoms with E-state index in [-0.39, 0.29) is 5.92 Å². The van der Waals surface area contributed by atoms with Gasteiger partial charge in [0.25, 0.3) is 0 Å². The van der Waals surface area contributed by atoms with Gasteiger partial charge in [-0.1, -0.05) is 6.07 Å². The predicted octanol–water partition coefficient (Wildman–Crippen LogP) is 3.02. The van der Waals surface area contributed by atoms with Crippen molar-refractivity contribution in [2.45, 2.75) is 32.3 Å². The maximum absolute atomic E-state index is 11.3. The van der Waals surface area contributed by atoms with Crippen LogP contribution in [0.5, 0.6) is 0 Å². The molecule has 0 radical (unpaired) electrons. The van der Waals surface area contributed by atoms with Crippen molar-refractivity contribution >= 4 is 17.1 Å². The van der Waals surface area contributed by atoms with Gasteiger partial charge in [0, 0.05) is 23.8 Å². The zero-order valence-electron chi connectivity index (χ0n) is 8.78. The fourth-order valence-corrected chi connectivity index (χ4v) is 2.63. The minimum Gasteiger partial charge on any atom is -0.376 e. The van der Waals surface area contributed by atoms with Crippen LogP contribution in [0.3, 0.4) is 0 Å². The second-order valence-corrected chi connectivity index (χ2v) is 5.01. The Morgan fingerprint density at radius 2 is 2.47 bits per heavy atom. The second-order valence-electron chi connectivity index (χ2n) is 3.98. The van der Waals surface area contributed by atoms with E-state index in [2.05, 4.69) is 11.4 Å². The van der Waals surface area contributed by atoms with Crippen molar-refractivity contribution in [2.75, 3.05) is 6.61 Å². The highest BCUT2D eigenvalue weighted by Gasteiger charge is 2.23. The van der Waals surface area contributed by atoms with Gasteiger partial charge in [-0.2, -0.15) is 0 Å². The van der Waals surface area contributed by atoms with Crippen molar-refractivity contribution < 1.29 is 9.53 Å². The molecular formula is C12H16O2S. The molecule has 1 fully saturated rings. The van der Waals surface area contributed by atoms with E-state index in [1.165, 1.54) is 4.88 Å². The maximum Gasteiger partial charge on any atom is 0.136 e. The molecule has 1 aliphatic carbocycles. The predicted molar refractivity (Wildman–Crippen MR) is 60.9 cm³/mol. The van der Waals surface area contributed by atoms with Gasteiger partial charge in [0.05, 0.1) is 6.61 Å². The van der Waals surface area contributed by atoms with Crippen molar-refractivity contribution in [1.82, 2.24) is 0 Å². The van der Waals surface area contributed by atoms with E-state index in [9.17, 15) is 4.79 Å². The molecule has 2 rings (SSSR count). The number of ketones is 1. The van der Waals surface area contributed by atoms with Gasteiger partial charge in [-0.3, -0.25) is 4.79 Å². The molecule has 1 unspecified atom stereocenters. The third-order valence-corrected chi connectivity index (χ3v) is 3.72. The Morgan fingerprint density at radius 1 is 1.53 bits per heavy atom. The molecule has 0 aliphatic heterocycles. The highest BCUT2D eigenvalue weighted by Crippen LogP contribution is 2.24. The van der Waals surface area contributed by atoms with E-state index < -0.39 is 0 Å². The van der Waals surface area contributed by atoms with Crippen molar-refractivity contribution in [3.05, 3.63) is 22.4 Å². The third-order valence-electron chi connectivity index (χ3n) is 2.87. The van der Waals surface area contributed by atoms with Gasteiger partial charge in [0.2, 0.25) is 0 Å². The lowest BCUT2D eigenvalue weighted by Crippen LogP contribution is -2.09. The average molecular weight is 224 g/mol. The minimum atomic E-state index is 0.285. The lowest BCUT2D eigenvalue weighted by atomic mass is 10.0. The summed E-state index contributed by atoms with van der Waals surface area (Å²) in [4.78, 5) is 12.6. The molecular weight excluding hydrogens is 208 g/mol. The van der Waals surface area contributed by atoms with Gasteiger partial charge in [-0.05, 0) is 30.7 Å². The van der Waals surface area contributed by atoms with Crippen LogP contribution in [-0.2, 0) is 16.1 Å². The maximum atomic E-state index is 11.3. The van der Waals surface area contributed by atoms with Crippen LogP contribution in [0.4, 0.5) is 0 Å². The fourth-order valence-electron chi connectivity index (χ4n) is 1.99. The zero-order valence-corrected chi connectivity index (χ0v) is 9.59. The van der Waals surface area contributed by atoms with Crippen molar-refractivity contribution in [1.29, 1.82) is 0 Å². The molecule has 0 aromatic carbocycles. The van der Waals surface area contributed by atoms with E-state index in [0.717, 1.165) is 25.7 Å². The first kappa shape index (κ1) is 10.8. The Morgan fingerprint density at radius 3 is 3.13 bits per heavy atom. The average Bonchev–Trinajstić information content (AvgIpc) is 2.85. The Hall–Kier alpha value is -0.670. The van der Waals surface area contributed by atoms with Crippen LogP contribution in [0.1, 0.15) is 30.6 Å². The first-order valence-electron chi connectivity index (χ1n) is 5.49. The quantitative estimate of drug-likeness (QED) is 0.719. The smallest absolute Gasteiger partial charge is 0.136 e. The number of thiophene rings is 1. The lowest BCUT2D eigenvalue weighted by Gasteiger charge is -2.07. The standard InChI is InChI=1S/C12H16O2S/c13-12-5-1-3-10(12)6-7-14-9-11-4-2-8-15-11/h2,4,8,10H,1,3,5-7,9H2. The summed E-state index contributed by atoms with van der Waals surface area (Å²) < 4.78 is 5.55. The molecule has 1 heterocycles. The van der Waals surface area contributed by atoms with Gasteiger partial charge in [-0.25, -0.2) is 0 Å². The minimum absolute atomic E-state index is 0.285. The molecule has 82 valence electrons. The molecule has 1 aliphatic rings. The Bertz CT molecular complexity index is 305. The first-order chi connectivity index (χ1) is 7.36. The molecule has 0 N–H and O–H groups in total. The molecule has 1 aromatic rings. The van der Waals surface area contributed by atoms with E-state index >= 15 is 0 Å². The number of hydrogen-bond acceptors (Lipinski definition) is 3. The fraction of sp³-hybridized carbons (Fsp3) is 0.583. The summed E-state index contributed by atoms with van der Waals surface area (Å²) in [7, 11) is 0. The Labute approximate surface area is 94.3 Å². The van der Waals surface area contributed by atoms with Crippen LogP contribution >= 0.6 is 11.3 Å². The Balaban J connectivity index is 1.61.